The second-order valence-corrected chi connectivity index (χ2v) is 47.9. The highest BCUT2D eigenvalue weighted by molar-refractivity contribution is 8.15. The highest BCUT2D eigenvalue weighted by atomic mass is 31.4. The zero-order valence-electron chi connectivity index (χ0n) is 30.7. The lowest BCUT2D eigenvalue weighted by Crippen LogP contribution is -2.68. The Labute approximate surface area is 308 Å². The van der Waals surface area contributed by atoms with Gasteiger partial charge in [-0.3, -0.25) is 0 Å². The molecular weight excluding hydrogens is 706 g/mol. The minimum absolute atomic E-state index is 0.180. The molecule has 0 saturated heterocycles. The third kappa shape index (κ3) is 6.79. The molecule has 0 heterocycles. The van der Waals surface area contributed by atoms with E-state index in [0.717, 1.165) is 0 Å². The Morgan fingerprint density at radius 3 is 0.560 bits per heavy atom. The quantitative estimate of drug-likeness (QED) is 0.0862. The average Bonchev–Trinajstić information content (AvgIpc) is 3.14. The van der Waals surface area contributed by atoms with Crippen LogP contribution in [0.5, 0.6) is 0 Å². The summed E-state index contributed by atoms with van der Waals surface area (Å²) in [6.07, 6.45) is 0. The second-order valence-electron chi connectivity index (χ2n) is 14.8. The lowest BCUT2D eigenvalue weighted by molar-refractivity contribution is 1.07. The van der Waals surface area contributed by atoms with Crippen molar-refractivity contribution in [1.29, 1.82) is 0 Å². The van der Waals surface area contributed by atoms with E-state index in [2.05, 4.69) is 228 Å². The van der Waals surface area contributed by atoms with Crippen LogP contribution in [-0.2, 0) is 0 Å². The summed E-state index contributed by atoms with van der Waals surface area (Å²) < 4.78 is 0.180. The fourth-order valence-corrected chi connectivity index (χ4v) is 77.5. The maximum atomic E-state index is 2.88. The van der Waals surface area contributed by atoms with Gasteiger partial charge in [-0.25, -0.2) is 0 Å². The summed E-state index contributed by atoms with van der Waals surface area (Å²) in [5.74, 6) is 0. The van der Waals surface area contributed by atoms with Gasteiger partial charge < -0.3 is 0 Å². The Kier molecular flexibility index (Phi) is 11.5. The summed E-state index contributed by atoms with van der Waals surface area (Å²) in [7, 11) is -8.65. The van der Waals surface area contributed by atoms with E-state index in [1.54, 1.807) is 31.8 Å². The topological polar surface area (TPSA) is 0 Å². The van der Waals surface area contributed by atoms with Crippen molar-refractivity contribution in [1.82, 2.24) is 0 Å². The van der Waals surface area contributed by atoms with Crippen molar-refractivity contribution in [2.45, 2.75) is 50.5 Å². The molecule has 6 aromatic rings. The van der Waals surface area contributed by atoms with Crippen LogP contribution in [0.25, 0.3) is 0 Å². The van der Waals surface area contributed by atoms with E-state index < -0.39 is 45.6 Å². The van der Waals surface area contributed by atoms with Crippen molar-refractivity contribution in [3.05, 3.63) is 182 Å². The van der Waals surface area contributed by atoms with Crippen molar-refractivity contribution >= 4 is 77.5 Å². The van der Waals surface area contributed by atoms with Crippen molar-refractivity contribution in [3.8, 4) is 0 Å². The smallest absolute Gasteiger partial charge is 0.0658 e. The van der Waals surface area contributed by atoms with Crippen LogP contribution in [0.1, 0.15) is 6.92 Å². The molecule has 0 aliphatic rings. The maximum Gasteiger partial charge on any atom is 0.0872 e. The van der Waals surface area contributed by atoms with Crippen LogP contribution in [-0.4, -0.2) is 23.2 Å². The van der Waals surface area contributed by atoms with Gasteiger partial charge in [-0.05, 0) is 36.1 Å². The molecule has 50 heavy (non-hydrogen) atoms. The van der Waals surface area contributed by atoms with Gasteiger partial charge in [-0.2, -0.15) is 0 Å². The summed E-state index contributed by atoms with van der Waals surface area (Å²) in [5.41, 5.74) is 0. The predicted octanol–water partition coefficient (Wildman–Crippen LogP) is 10.8. The molecule has 0 aromatic heterocycles. The van der Waals surface area contributed by atoms with Crippen LogP contribution in [0.2, 0.25) is 43.6 Å². The molecule has 0 saturated carbocycles. The highest BCUT2D eigenvalue weighted by Gasteiger charge is 2.68. The Hall–Kier alpha value is -2.74. The molecule has 0 spiro atoms. The van der Waals surface area contributed by atoms with E-state index in [-0.39, 0.29) is 4.28 Å². The summed E-state index contributed by atoms with van der Waals surface area (Å²) in [4.78, 5) is 0. The predicted molar refractivity (Wildman–Crippen MR) is 238 cm³/mol. The lowest BCUT2D eigenvalue weighted by Gasteiger charge is -2.65. The summed E-state index contributed by atoms with van der Waals surface area (Å²) in [5, 5.41) is 9.24. The van der Waals surface area contributed by atoms with Crippen LogP contribution in [0, 0.1) is 0 Å². The van der Waals surface area contributed by atoms with Gasteiger partial charge in [-0.1, -0.05) is 251 Å². The molecule has 0 fully saturated rings. The Bertz CT molecular complexity index is 1590. The largest absolute Gasteiger partial charge is 0.0872 e. The Balaban J connectivity index is 1.72. The standard InChI is InChI=1S/C44H51P3Si3/c1-44(48(2,3)45(38-26-14-8-15-27-38)39-28-16-9-17-29-39,49(4,5)46(40-30-18-10-19-31-40)41-32-20-11-21-33-41)50(6,7)47(42-34-22-12-23-35-42)43-36-24-13-25-37-43/h8-37H,1-7H3. The van der Waals surface area contributed by atoms with Crippen LogP contribution in [0.3, 0.4) is 0 Å². The molecule has 0 unspecified atom stereocenters. The number of hydrogen-bond acceptors (Lipinski definition) is 0. The SMILES string of the molecule is CC([Si](C)(C)P(c1ccccc1)c1ccccc1)([Si](C)(C)P(c1ccccc1)c1ccccc1)[Si](C)(C)P(c1ccccc1)c1ccccc1. The normalized spacial score (nSPS) is 12.8. The first-order chi connectivity index (χ1) is 24.0. The van der Waals surface area contributed by atoms with Gasteiger partial charge >= 0.3 is 0 Å². The van der Waals surface area contributed by atoms with Gasteiger partial charge in [0.1, 0.15) is 0 Å². The first-order valence-corrected chi connectivity index (χ1v) is 33.3. The first kappa shape index (κ1) is 37.0. The molecule has 0 N–H and O–H groups in total. The van der Waals surface area contributed by atoms with E-state index in [9.17, 15) is 0 Å². The van der Waals surface area contributed by atoms with E-state index in [1.807, 2.05) is 0 Å². The van der Waals surface area contributed by atoms with Crippen LogP contribution in [0.4, 0.5) is 0 Å². The fraction of sp³-hybridized carbons (Fsp3) is 0.182. The summed E-state index contributed by atoms with van der Waals surface area (Å²) >= 11 is 0. The Morgan fingerprint density at radius 1 is 0.280 bits per heavy atom. The molecule has 0 atom stereocenters. The van der Waals surface area contributed by atoms with Crippen molar-refractivity contribution in [3.63, 3.8) is 0 Å². The molecule has 254 valence electrons. The fourth-order valence-electron chi connectivity index (χ4n) is 8.76. The van der Waals surface area contributed by atoms with E-state index in [4.69, 9.17) is 0 Å². The average molecular weight is 757 g/mol. The number of benzene rings is 6. The van der Waals surface area contributed by atoms with Gasteiger partial charge in [0.05, 0.1) is 23.2 Å². The third-order valence-corrected chi connectivity index (χ3v) is 60.8. The molecule has 0 bridgehead atoms. The van der Waals surface area contributed by atoms with Crippen LogP contribution in [0.15, 0.2) is 182 Å². The van der Waals surface area contributed by atoms with E-state index in [1.165, 1.54) is 0 Å². The Morgan fingerprint density at radius 2 is 0.420 bits per heavy atom. The van der Waals surface area contributed by atoms with Gasteiger partial charge in [0, 0.05) is 0 Å². The third-order valence-electron chi connectivity index (χ3n) is 11.4. The van der Waals surface area contributed by atoms with Crippen molar-refractivity contribution in [2.75, 3.05) is 0 Å². The molecular formula is C44H51P3Si3. The molecule has 0 nitrogen and oxygen atoms in total. The number of hydrogen-bond donors (Lipinski definition) is 0. The molecule has 6 heteroatoms. The highest BCUT2D eigenvalue weighted by Crippen LogP contribution is 2.74. The van der Waals surface area contributed by atoms with Crippen molar-refractivity contribution in [2.24, 2.45) is 0 Å². The molecule has 6 rings (SSSR count). The zero-order chi connectivity index (χ0) is 35.4. The maximum absolute atomic E-state index is 2.88. The number of rotatable bonds is 12. The van der Waals surface area contributed by atoms with Gasteiger partial charge in [0.2, 0.25) is 0 Å². The zero-order valence-corrected chi connectivity index (χ0v) is 36.3. The molecule has 0 amide bonds. The summed E-state index contributed by atoms with van der Waals surface area (Å²) in [6, 6.07) is 69.9. The van der Waals surface area contributed by atoms with E-state index in [0.29, 0.717) is 0 Å². The monoisotopic (exact) mass is 756 g/mol. The minimum Gasteiger partial charge on any atom is -0.0658 e. The second kappa shape index (κ2) is 15.5. The molecule has 6 aromatic carbocycles. The van der Waals surface area contributed by atoms with Crippen LogP contribution < -0.4 is 31.8 Å². The molecule has 0 aliphatic carbocycles. The van der Waals surface area contributed by atoms with Crippen LogP contribution >= 0.6 is 22.4 Å². The van der Waals surface area contributed by atoms with Gasteiger partial charge in [-0.15, -0.1) is 0 Å². The summed E-state index contributed by atoms with van der Waals surface area (Å²) in [6.45, 7) is 19.8. The lowest BCUT2D eigenvalue weighted by atomic mass is 10.4. The molecule has 0 aliphatic heterocycles. The van der Waals surface area contributed by atoms with Gasteiger partial charge in [0.25, 0.3) is 0 Å². The molecule has 0 radical (unpaired) electrons. The van der Waals surface area contributed by atoms with Gasteiger partial charge in [0.15, 0.2) is 0 Å². The minimum atomic E-state index is -2.28. The van der Waals surface area contributed by atoms with Crippen molar-refractivity contribution < 1.29 is 0 Å². The van der Waals surface area contributed by atoms with E-state index >= 15 is 0 Å². The first-order valence-electron chi connectivity index (χ1n) is 17.7.